The molecule has 0 atom stereocenters. The van der Waals surface area contributed by atoms with E-state index in [-0.39, 0.29) is 17.2 Å². The van der Waals surface area contributed by atoms with Crippen molar-refractivity contribution in [2.24, 2.45) is 0 Å². The molecule has 180 valence electrons. The predicted octanol–water partition coefficient (Wildman–Crippen LogP) is 4.07. The van der Waals surface area contributed by atoms with E-state index in [0.717, 1.165) is 16.7 Å². The topological polar surface area (TPSA) is 95.6 Å². The predicted molar refractivity (Wildman–Crippen MR) is 139 cm³/mol. The second-order valence-electron chi connectivity index (χ2n) is 8.02. The number of benzene rings is 2. The number of thiocarbonyl (C=S) groups is 1. The average molecular weight is 518 g/mol. The lowest BCUT2D eigenvalue weighted by atomic mass is 10.1. The Morgan fingerprint density at radius 1 is 1.00 bits per heavy atom. The molecule has 1 saturated heterocycles. The summed E-state index contributed by atoms with van der Waals surface area (Å²) in [5, 5.41) is 0. The molecular weight excluding hydrogens is 490 g/mol. The molecule has 34 heavy (non-hydrogen) atoms. The van der Waals surface area contributed by atoms with Crippen molar-refractivity contribution >= 4 is 56.2 Å². The van der Waals surface area contributed by atoms with Crippen LogP contribution in [0.25, 0.3) is 6.08 Å². The Balaban J connectivity index is 1.38. The van der Waals surface area contributed by atoms with E-state index in [9.17, 15) is 18.0 Å². The van der Waals surface area contributed by atoms with Gasteiger partial charge in [-0.1, -0.05) is 77.9 Å². The van der Waals surface area contributed by atoms with Crippen LogP contribution >= 0.6 is 24.0 Å². The van der Waals surface area contributed by atoms with Crippen LogP contribution in [0.4, 0.5) is 0 Å². The van der Waals surface area contributed by atoms with E-state index in [1.54, 1.807) is 17.0 Å². The first-order chi connectivity index (χ1) is 16.2. The van der Waals surface area contributed by atoms with Crippen molar-refractivity contribution in [2.45, 2.75) is 44.4 Å². The SMILES string of the molecule is Cc1ccc(C=C2SC(=S)N(CCCCCC(=O)NNS(=O)(=O)c3ccc(C)cc3)C2=O)cc1. The summed E-state index contributed by atoms with van der Waals surface area (Å²) in [7, 11) is -3.81. The third-order valence-electron chi connectivity index (χ3n) is 5.19. The molecule has 0 saturated carbocycles. The molecule has 0 unspecified atom stereocenters. The van der Waals surface area contributed by atoms with Gasteiger partial charge in [-0.3, -0.25) is 19.9 Å². The molecule has 2 aromatic rings. The molecule has 1 aliphatic heterocycles. The molecule has 0 aliphatic carbocycles. The van der Waals surface area contributed by atoms with Crippen molar-refractivity contribution in [1.29, 1.82) is 0 Å². The molecule has 0 aromatic heterocycles. The summed E-state index contributed by atoms with van der Waals surface area (Å²) >= 11 is 6.66. The molecule has 0 bridgehead atoms. The maximum absolute atomic E-state index is 12.7. The van der Waals surface area contributed by atoms with Gasteiger partial charge in [-0.05, 0) is 50.5 Å². The monoisotopic (exact) mass is 517 g/mol. The second-order valence-corrected chi connectivity index (χ2v) is 11.4. The van der Waals surface area contributed by atoms with Gasteiger partial charge in [0.2, 0.25) is 5.91 Å². The minimum absolute atomic E-state index is 0.0818. The zero-order valence-electron chi connectivity index (χ0n) is 19.0. The Bertz CT molecular complexity index is 1190. The summed E-state index contributed by atoms with van der Waals surface area (Å²) in [4.78, 5) is 29.1. The van der Waals surface area contributed by atoms with Crippen molar-refractivity contribution in [2.75, 3.05) is 6.54 Å². The highest BCUT2D eigenvalue weighted by Crippen LogP contribution is 2.32. The molecule has 2 aromatic carbocycles. The van der Waals surface area contributed by atoms with Gasteiger partial charge in [-0.2, -0.15) is 0 Å². The highest BCUT2D eigenvalue weighted by molar-refractivity contribution is 8.26. The number of carbonyl (C=O) groups excluding carboxylic acids is 2. The number of aryl methyl sites for hydroxylation is 2. The summed E-state index contributed by atoms with van der Waals surface area (Å²) in [6, 6.07) is 14.3. The van der Waals surface area contributed by atoms with E-state index in [0.29, 0.717) is 35.0 Å². The molecular formula is C24H27N3O4S3. The van der Waals surface area contributed by atoms with E-state index in [4.69, 9.17) is 12.2 Å². The smallest absolute Gasteiger partial charge is 0.266 e. The second kappa shape index (κ2) is 11.7. The Morgan fingerprint density at radius 2 is 1.62 bits per heavy atom. The fourth-order valence-electron chi connectivity index (χ4n) is 3.20. The van der Waals surface area contributed by atoms with Gasteiger partial charge in [-0.25, -0.2) is 8.42 Å². The number of nitrogens with zero attached hydrogens (tertiary/aromatic N) is 1. The molecule has 1 fully saturated rings. The number of carbonyl (C=O) groups is 2. The normalized spacial score (nSPS) is 15.2. The number of sulfonamides is 1. The summed E-state index contributed by atoms with van der Waals surface area (Å²) in [6.07, 6.45) is 3.97. The fourth-order valence-corrected chi connectivity index (χ4v) is 5.37. The van der Waals surface area contributed by atoms with Crippen LogP contribution in [-0.4, -0.2) is 36.0 Å². The average Bonchev–Trinajstić information content (AvgIpc) is 3.06. The quantitative estimate of drug-likeness (QED) is 0.213. The summed E-state index contributed by atoms with van der Waals surface area (Å²) in [5.74, 6) is -0.513. The molecule has 0 spiro atoms. The first-order valence-electron chi connectivity index (χ1n) is 10.8. The van der Waals surface area contributed by atoms with Crippen LogP contribution in [0, 0.1) is 13.8 Å². The van der Waals surface area contributed by atoms with Gasteiger partial charge in [0.05, 0.1) is 9.80 Å². The summed E-state index contributed by atoms with van der Waals surface area (Å²) < 4.78 is 24.9. The van der Waals surface area contributed by atoms with E-state index in [2.05, 4.69) is 10.3 Å². The van der Waals surface area contributed by atoms with E-state index < -0.39 is 15.9 Å². The number of nitrogens with one attached hydrogen (secondary N) is 2. The van der Waals surface area contributed by atoms with Gasteiger partial charge in [0.1, 0.15) is 4.32 Å². The number of hydrogen-bond donors (Lipinski definition) is 2. The Labute approximate surface area is 210 Å². The van der Waals surface area contributed by atoms with Crippen molar-refractivity contribution in [3.05, 3.63) is 70.1 Å². The van der Waals surface area contributed by atoms with Crippen molar-refractivity contribution in [3.8, 4) is 0 Å². The van der Waals surface area contributed by atoms with Crippen LogP contribution in [0.3, 0.4) is 0 Å². The summed E-state index contributed by atoms with van der Waals surface area (Å²) in [5.41, 5.74) is 5.29. The maximum atomic E-state index is 12.7. The standard InChI is InChI=1S/C24H27N3O4S3/c1-17-7-11-19(12-8-17)16-21-23(29)27(24(32)33-21)15-5-3-4-6-22(28)25-26-34(30,31)20-13-9-18(2)10-14-20/h7-14,16,26H,3-6,15H2,1-2H3,(H,25,28). The maximum Gasteiger partial charge on any atom is 0.266 e. The lowest BCUT2D eigenvalue weighted by molar-refractivity contribution is -0.123. The first kappa shape index (κ1) is 26.1. The zero-order chi connectivity index (χ0) is 24.7. The van der Waals surface area contributed by atoms with Gasteiger partial charge in [0.25, 0.3) is 15.9 Å². The number of thioether (sulfide) groups is 1. The molecule has 7 nitrogen and oxygen atoms in total. The molecule has 3 rings (SSSR count). The van der Waals surface area contributed by atoms with Gasteiger partial charge in [0, 0.05) is 13.0 Å². The minimum atomic E-state index is -3.81. The van der Waals surface area contributed by atoms with E-state index >= 15 is 0 Å². The lowest BCUT2D eigenvalue weighted by Crippen LogP contribution is -2.41. The first-order valence-corrected chi connectivity index (χ1v) is 13.6. The Kier molecular flexibility index (Phi) is 9.01. The molecule has 1 aliphatic rings. The van der Waals surface area contributed by atoms with Crippen LogP contribution in [0.15, 0.2) is 58.3 Å². The van der Waals surface area contributed by atoms with Gasteiger partial charge >= 0.3 is 0 Å². The highest BCUT2D eigenvalue weighted by atomic mass is 32.2. The molecule has 2 N–H and O–H groups in total. The van der Waals surface area contributed by atoms with Gasteiger partial charge < -0.3 is 0 Å². The van der Waals surface area contributed by atoms with Gasteiger partial charge in [0.15, 0.2) is 0 Å². The van der Waals surface area contributed by atoms with Crippen molar-refractivity contribution in [1.82, 2.24) is 15.2 Å². The van der Waals surface area contributed by atoms with Crippen LogP contribution in [0.1, 0.15) is 42.4 Å². The van der Waals surface area contributed by atoms with E-state index in [1.165, 1.54) is 23.9 Å². The number of hydrazine groups is 1. The van der Waals surface area contributed by atoms with Crippen molar-refractivity contribution < 1.29 is 18.0 Å². The molecule has 0 radical (unpaired) electrons. The minimum Gasteiger partial charge on any atom is -0.293 e. The number of rotatable bonds is 10. The van der Waals surface area contributed by atoms with Crippen LogP contribution in [0.2, 0.25) is 0 Å². The third-order valence-corrected chi connectivity index (χ3v) is 7.83. The zero-order valence-corrected chi connectivity index (χ0v) is 21.5. The van der Waals surface area contributed by atoms with Crippen LogP contribution in [0.5, 0.6) is 0 Å². The Hall–Kier alpha value is -2.53. The summed E-state index contributed by atoms with van der Waals surface area (Å²) in [6.45, 7) is 4.35. The molecule has 10 heteroatoms. The largest absolute Gasteiger partial charge is 0.293 e. The van der Waals surface area contributed by atoms with Crippen LogP contribution in [-0.2, 0) is 19.6 Å². The fraction of sp³-hybridized carbons (Fsp3) is 0.292. The number of hydrogen-bond acceptors (Lipinski definition) is 6. The molecule has 1 heterocycles. The number of unbranched alkanes of at least 4 members (excludes halogenated alkanes) is 2. The Morgan fingerprint density at radius 3 is 2.26 bits per heavy atom. The lowest BCUT2D eigenvalue weighted by Gasteiger charge is -2.14. The third kappa shape index (κ3) is 7.23. The van der Waals surface area contributed by atoms with Gasteiger partial charge in [-0.15, -0.1) is 4.83 Å². The molecule has 2 amide bonds. The van der Waals surface area contributed by atoms with E-state index in [1.807, 2.05) is 44.2 Å². The van der Waals surface area contributed by atoms with Crippen LogP contribution < -0.4 is 10.3 Å². The number of amides is 2. The van der Waals surface area contributed by atoms with Crippen molar-refractivity contribution in [3.63, 3.8) is 0 Å². The highest BCUT2D eigenvalue weighted by Gasteiger charge is 2.31.